The van der Waals surface area contributed by atoms with Gasteiger partial charge in [-0.1, -0.05) is 6.92 Å². The summed E-state index contributed by atoms with van der Waals surface area (Å²) >= 11 is 0. The van der Waals surface area contributed by atoms with Crippen molar-refractivity contribution in [3.63, 3.8) is 0 Å². The number of hydrogen-bond donors (Lipinski definition) is 5. The zero-order valence-electron chi connectivity index (χ0n) is 11.9. The number of hydrogen-bond acceptors (Lipinski definition) is 5. The second kappa shape index (κ2) is 7.12. The van der Waals surface area contributed by atoms with Crippen molar-refractivity contribution in [1.29, 1.82) is 0 Å². The van der Waals surface area contributed by atoms with Crippen LogP contribution in [-0.4, -0.2) is 41.4 Å². The Morgan fingerprint density at radius 2 is 1.95 bits per heavy atom. The number of carbonyl (C=O) groups excluding carboxylic acids is 1. The molecular weight excluding hydrogens is 258 g/mol. The minimum Gasteiger partial charge on any atom is -0.397 e. The summed E-state index contributed by atoms with van der Waals surface area (Å²) in [5, 5.41) is 24.6. The van der Waals surface area contributed by atoms with Crippen LogP contribution >= 0.6 is 0 Å². The Bertz CT molecular complexity index is 451. The molecule has 0 radical (unpaired) electrons. The summed E-state index contributed by atoms with van der Waals surface area (Å²) in [6.07, 6.45) is 0.539. The van der Waals surface area contributed by atoms with E-state index in [0.717, 1.165) is 0 Å². The van der Waals surface area contributed by atoms with Crippen LogP contribution in [0.2, 0.25) is 0 Å². The number of anilines is 2. The van der Waals surface area contributed by atoms with Gasteiger partial charge in [-0.25, -0.2) is 0 Å². The fourth-order valence-electron chi connectivity index (χ4n) is 1.81. The highest BCUT2D eigenvalue weighted by atomic mass is 16.3. The molecule has 0 bridgehead atoms. The molecule has 1 amide bonds. The van der Waals surface area contributed by atoms with E-state index in [1.54, 1.807) is 18.2 Å². The maximum absolute atomic E-state index is 11.7. The van der Waals surface area contributed by atoms with Crippen LogP contribution in [0.5, 0.6) is 0 Å². The van der Waals surface area contributed by atoms with Gasteiger partial charge in [0.2, 0.25) is 0 Å². The van der Waals surface area contributed by atoms with E-state index in [1.165, 1.54) is 0 Å². The number of nitrogens with one attached hydrogen (secondary N) is 2. The quantitative estimate of drug-likeness (QED) is 0.469. The largest absolute Gasteiger partial charge is 0.397 e. The third kappa shape index (κ3) is 3.61. The van der Waals surface area contributed by atoms with Gasteiger partial charge in [0.1, 0.15) is 0 Å². The second-order valence-electron chi connectivity index (χ2n) is 4.74. The van der Waals surface area contributed by atoms with Gasteiger partial charge >= 0.3 is 0 Å². The van der Waals surface area contributed by atoms with Crippen molar-refractivity contribution < 1.29 is 15.0 Å². The monoisotopic (exact) mass is 281 g/mol. The summed E-state index contributed by atoms with van der Waals surface area (Å²) in [6.45, 7) is 3.83. The maximum Gasteiger partial charge on any atom is 0.251 e. The van der Waals surface area contributed by atoms with E-state index in [0.29, 0.717) is 29.9 Å². The molecule has 1 rings (SSSR count). The van der Waals surface area contributed by atoms with Crippen molar-refractivity contribution in [3.8, 4) is 0 Å². The predicted octanol–water partition coefficient (Wildman–Crippen LogP) is 0.564. The lowest BCUT2D eigenvalue weighted by molar-refractivity contribution is 0.0956. The molecule has 0 atom stereocenters. The topological polar surface area (TPSA) is 108 Å². The molecule has 0 aliphatic rings. The third-order valence-corrected chi connectivity index (χ3v) is 3.33. The minimum absolute atomic E-state index is 0.183. The number of aliphatic hydroxyl groups excluding tert-OH is 2. The first kappa shape index (κ1) is 16.3. The number of amides is 1. The lowest BCUT2D eigenvalue weighted by atomic mass is 9.97. The third-order valence-electron chi connectivity index (χ3n) is 3.33. The van der Waals surface area contributed by atoms with Gasteiger partial charge in [-0.15, -0.1) is 0 Å². The highest BCUT2D eigenvalue weighted by Gasteiger charge is 2.27. The summed E-state index contributed by atoms with van der Waals surface area (Å²) in [7, 11) is 0. The van der Waals surface area contributed by atoms with E-state index < -0.39 is 5.54 Å². The van der Waals surface area contributed by atoms with Crippen LogP contribution in [-0.2, 0) is 0 Å². The van der Waals surface area contributed by atoms with Crippen molar-refractivity contribution in [2.75, 3.05) is 30.8 Å². The fraction of sp³-hybridized carbons (Fsp3) is 0.500. The summed E-state index contributed by atoms with van der Waals surface area (Å²) < 4.78 is 0. The van der Waals surface area contributed by atoms with E-state index in [4.69, 9.17) is 5.73 Å². The van der Waals surface area contributed by atoms with Gasteiger partial charge in [-0.3, -0.25) is 4.79 Å². The minimum atomic E-state index is -0.818. The lowest BCUT2D eigenvalue weighted by Gasteiger charge is -2.31. The Balaban J connectivity index is 2.96. The number of nitrogen functional groups attached to an aromatic ring is 1. The van der Waals surface area contributed by atoms with E-state index in [-0.39, 0.29) is 19.1 Å². The van der Waals surface area contributed by atoms with Crippen molar-refractivity contribution in [2.24, 2.45) is 0 Å². The molecule has 6 nitrogen and oxygen atoms in total. The van der Waals surface area contributed by atoms with Gasteiger partial charge in [-0.2, -0.15) is 0 Å². The highest BCUT2D eigenvalue weighted by Crippen LogP contribution is 2.25. The van der Waals surface area contributed by atoms with Crippen molar-refractivity contribution >= 4 is 17.3 Å². The first-order valence-electron chi connectivity index (χ1n) is 6.69. The zero-order chi connectivity index (χ0) is 15.2. The summed E-state index contributed by atoms with van der Waals surface area (Å²) in [5.41, 5.74) is 6.56. The van der Waals surface area contributed by atoms with Crippen LogP contribution in [0.3, 0.4) is 0 Å². The SMILES string of the molecule is CCNC(=O)c1ccc(NC(CC)(CO)CO)c(N)c1. The Kier molecular flexibility index (Phi) is 5.79. The number of benzene rings is 1. The van der Waals surface area contributed by atoms with E-state index in [9.17, 15) is 15.0 Å². The number of carbonyl (C=O) groups is 1. The molecule has 6 N–H and O–H groups in total. The first-order valence-corrected chi connectivity index (χ1v) is 6.69. The second-order valence-corrected chi connectivity index (χ2v) is 4.74. The lowest BCUT2D eigenvalue weighted by Crippen LogP contribution is -2.45. The molecule has 6 heteroatoms. The average molecular weight is 281 g/mol. The predicted molar refractivity (Wildman–Crippen MR) is 79.7 cm³/mol. The van der Waals surface area contributed by atoms with Crippen LogP contribution in [0.15, 0.2) is 18.2 Å². The molecule has 1 aromatic rings. The zero-order valence-corrected chi connectivity index (χ0v) is 11.9. The molecule has 0 aliphatic heterocycles. The number of rotatable bonds is 7. The molecule has 112 valence electrons. The van der Waals surface area contributed by atoms with E-state index >= 15 is 0 Å². The molecule has 0 unspecified atom stereocenters. The maximum atomic E-state index is 11.7. The van der Waals surface area contributed by atoms with Gasteiger partial charge < -0.3 is 26.6 Å². The Hall–Kier alpha value is -1.79. The van der Waals surface area contributed by atoms with Gasteiger partial charge in [0.25, 0.3) is 5.91 Å². The van der Waals surface area contributed by atoms with Gasteiger partial charge in [-0.05, 0) is 31.5 Å². The molecule has 0 saturated heterocycles. The summed E-state index contributed by atoms with van der Waals surface area (Å²) in [6, 6.07) is 4.90. The smallest absolute Gasteiger partial charge is 0.251 e. The molecule has 0 fully saturated rings. The van der Waals surface area contributed by atoms with Crippen LogP contribution in [0.25, 0.3) is 0 Å². The summed E-state index contributed by atoms with van der Waals surface area (Å²) in [5.74, 6) is -0.183. The molecule has 1 aromatic carbocycles. The molecule has 0 saturated carbocycles. The number of nitrogens with two attached hydrogens (primary N) is 1. The molecule has 0 aromatic heterocycles. The molecule has 20 heavy (non-hydrogen) atoms. The Labute approximate surface area is 119 Å². The first-order chi connectivity index (χ1) is 9.51. The fourth-order valence-corrected chi connectivity index (χ4v) is 1.81. The molecular formula is C14H23N3O3. The van der Waals surface area contributed by atoms with Crippen LogP contribution in [0.4, 0.5) is 11.4 Å². The number of aliphatic hydroxyl groups is 2. The van der Waals surface area contributed by atoms with Crippen molar-refractivity contribution in [1.82, 2.24) is 5.32 Å². The van der Waals surface area contributed by atoms with Crippen LogP contribution in [0, 0.1) is 0 Å². The van der Waals surface area contributed by atoms with E-state index in [1.807, 2.05) is 13.8 Å². The molecule has 0 heterocycles. The average Bonchev–Trinajstić information content (AvgIpc) is 2.47. The van der Waals surface area contributed by atoms with Gasteiger partial charge in [0.15, 0.2) is 0 Å². The molecule has 0 aliphatic carbocycles. The standard InChI is InChI=1S/C14H23N3O3/c1-3-14(8-18,9-19)17-12-6-5-10(7-11(12)15)13(20)16-4-2/h5-7,17-19H,3-4,8-9,15H2,1-2H3,(H,16,20). The molecule has 0 spiro atoms. The summed E-state index contributed by atoms with van der Waals surface area (Å²) in [4.78, 5) is 11.7. The Morgan fingerprint density at radius 1 is 1.30 bits per heavy atom. The van der Waals surface area contributed by atoms with Crippen molar-refractivity contribution in [3.05, 3.63) is 23.8 Å². The highest BCUT2D eigenvalue weighted by molar-refractivity contribution is 5.96. The Morgan fingerprint density at radius 3 is 2.40 bits per heavy atom. The van der Waals surface area contributed by atoms with Crippen LogP contribution < -0.4 is 16.4 Å². The van der Waals surface area contributed by atoms with Crippen LogP contribution in [0.1, 0.15) is 30.6 Å². The van der Waals surface area contributed by atoms with E-state index in [2.05, 4.69) is 10.6 Å². The van der Waals surface area contributed by atoms with Gasteiger partial charge in [0.05, 0.1) is 30.1 Å². The normalized spacial score (nSPS) is 11.2. The van der Waals surface area contributed by atoms with Gasteiger partial charge in [0, 0.05) is 12.1 Å². The van der Waals surface area contributed by atoms with Crippen molar-refractivity contribution in [2.45, 2.75) is 25.8 Å².